The standard InChI is InChI=1S/C16H20N4O2/c1-12-3-5-13(6-4-12)20-15(21)11-14(17-16(20)22)19-9-7-18(2)8-10-19/h3-6,11H,7-10H2,1-2H3,(H,17,22). The predicted octanol–water partition coefficient (Wildman–Crippen LogP) is 0.586. The first-order valence-electron chi connectivity index (χ1n) is 7.41. The Hall–Kier alpha value is -2.34. The number of nitrogens with zero attached hydrogens (tertiary/aromatic N) is 3. The highest BCUT2D eigenvalue weighted by molar-refractivity contribution is 5.40. The van der Waals surface area contributed by atoms with Gasteiger partial charge in [-0.1, -0.05) is 17.7 Å². The average Bonchev–Trinajstić information content (AvgIpc) is 2.49. The van der Waals surface area contributed by atoms with Gasteiger partial charge in [0.1, 0.15) is 5.82 Å². The van der Waals surface area contributed by atoms with Gasteiger partial charge in [0.25, 0.3) is 5.56 Å². The van der Waals surface area contributed by atoms with Crippen LogP contribution in [0.5, 0.6) is 0 Å². The number of aryl methyl sites for hydroxylation is 1. The normalized spacial score (nSPS) is 16.0. The van der Waals surface area contributed by atoms with E-state index in [1.165, 1.54) is 10.6 Å². The molecule has 1 fully saturated rings. The molecule has 1 N–H and O–H groups in total. The van der Waals surface area contributed by atoms with Crippen LogP contribution in [0, 0.1) is 6.92 Å². The number of hydrogen-bond acceptors (Lipinski definition) is 4. The molecule has 2 heterocycles. The Bertz CT molecular complexity index is 737. The van der Waals surface area contributed by atoms with E-state index in [4.69, 9.17) is 0 Å². The molecular formula is C16H20N4O2. The Morgan fingerprint density at radius 3 is 2.23 bits per heavy atom. The summed E-state index contributed by atoms with van der Waals surface area (Å²) in [5.41, 5.74) is 0.968. The largest absolute Gasteiger partial charge is 0.355 e. The lowest BCUT2D eigenvalue weighted by atomic mass is 10.2. The van der Waals surface area contributed by atoms with Crippen LogP contribution in [0.4, 0.5) is 5.82 Å². The molecule has 1 aromatic carbocycles. The second kappa shape index (κ2) is 5.81. The summed E-state index contributed by atoms with van der Waals surface area (Å²) in [6.45, 7) is 5.42. The lowest BCUT2D eigenvalue weighted by Gasteiger charge is -2.33. The molecular weight excluding hydrogens is 280 g/mol. The number of aromatic amines is 1. The van der Waals surface area contributed by atoms with Gasteiger partial charge in [-0.3, -0.25) is 9.78 Å². The van der Waals surface area contributed by atoms with Gasteiger partial charge in [-0.05, 0) is 26.1 Å². The molecule has 116 valence electrons. The van der Waals surface area contributed by atoms with Gasteiger partial charge in [-0.2, -0.15) is 0 Å². The van der Waals surface area contributed by atoms with E-state index < -0.39 is 5.69 Å². The molecule has 1 aromatic heterocycles. The van der Waals surface area contributed by atoms with E-state index in [-0.39, 0.29) is 5.56 Å². The van der Waals surface area contributed by atoms with Crippen LogP contribution in [0.2, 0.25) is 0 Å². The second-order valence-electron chi connectivity index (χ2n) is 5.76. The molecule has 0 radical (unpaired) electrons. The van der Waals surface area contributed by atoms with Crippen molar-refractivity contribution >= 4 is 5.82 Å². The number of rotatable bonds is 2. The maximum absolute atomic E-state index is 12.4. The maximum atomic E-state index is 12.4. The van der Waals surface area contributed by atoms with Crippen LogP contribution < -0.4 is 16.1 Å². The monoisotopic (exact) mass is 300 g/mol. The molecule has 22 heavy (non-hydrogen) atoms. The van der Waals surface area contributed by atoms with Gasteiger partial charge in [0.05, 0.1) is 5.69 Å². The summed E-state index contributed by atoms with van der Waals surface area (Å²) in [6.07, 6.45) is 0. The van der Waals surface area contributed by atoms with E-state index in [0.29, 0.717) is 11.5 Å². The minimum absolute atomic E-state index is 0.304. The Kier molecular flexibility index (Phi) is 3.85. The van der Waals surface area contributed by atoms with Crippen molar-refractivity contribution in [2.24, 2.45) is 0 Å². The molecule has 6 nitrogen and oxygen atoms in total. The van der Waals surface area contributed by atoms with Crippen LogP contribution in [0.25, 0.3) is 5.69 Å². The van der Waals surface area contributed by atoms with Crippen LogP contribution in [0.3, 0.4) is 0 Å². The molecule has 0 amide bonds. The molecule has 0 bridgehead atoms. The summed E-state index contributed by atoms with van der Waals surface area (Å²) in [6, 6.07) is 8.83. The quantitative estimate of drug-likeness (QED) is 0.881. The first-order valence-corrected chi connectivity index (χ1v) is 7.41. The van der Waals surface area contributed by atoms with Crippen molar-refractivity contribution < 1.29 is 0 Å². The topological polar surface area (TPSA) is 61.3 Å². The molecule has 2 aromatic rings. The van der Waals surface area contributed by atoms with Gasteiger partial charge >= 0.3 is 5.69 Å². The number of hydrogen-bond donors (Lipinski definition) is 1. The average molecular weight is 300 g/mol. The third-order valence-electron chi connectivity index (χ3n) is 4.05. The fourth-order valence-corrected chi connectivity index (χ4v) is 2.64. The van der Waals surface area contributed by atoms with Crippen molar-refractivity contribution in [1.29, 1.82) is 0 Å². The van der Waals surface area contributed by atoms with Crippen LogP contribution in [-0.2, 0) is 0 Å². The summed E-state index contributed by atoms with van der Waals surface area (Å²) in [7, 11) is 2.06. The van der Waals surface area contributed by atoms with E-state index in [1.54, 1.807) is 12.1 Å². The van der Waals surface area contributed by atoms with Crippen molar-refractivity contribution in [2.75, 3.05) is 38.1 Å². The number of benzene rings is 1. The molecule has 1 aliphatic rings. The number of likely N-dealkylation sites (N-methyl/N-ethyl adjacent to an activating group) is 1. The zero-order valence-electron chi connectivity index (χ0n) is 12.9. The first-order chi connectivity index (χ1) is 10.5. The van der Waals surface area contributed by atoms with Crippen molar-refractivity contribution in [3.63, 3.8) is 0 Å². The van der Waals surface area contributed by atoms with Gasteiger partial charge in [-0.15, -0.1) is 0 Å². The number of aromatic nitrogens is 2. The predicted molar refractivity (Wildman–Crippen MR) is 87.1 cm³/mol. The molecule has 6 heteroatoms. The summed E-state index contributed by atoms with van der Waals surface area (Å²) >= 11 is 0. The van der Waals surface area contributed by atoms with Gasteiger partial charge in [0.2, 0.25) is 0 Å². The Morgan fingerprint density at radius 2 is 1.64 bits per heavy atom. The van der Waals surface area contributed by atoms with E-state index in [1.807, 2.05) is 24.0 Å². The third-order valence-corrected chi connectivity index (χ3v) is 4.05. The Morgan fingerprint density at radius 1 is 1.00 bits per heavy atom. The molecule has 0 spiro atoms. The van der Waals surface area contributed by atoms with E-state index >= 15 is 0 Å². The molecule has 1 saturated heterocycles. The molecule has 0 aliphatic carbocycles. The summed E-state index contributed by atoms with van der Waals surface area (Å²) < 4.78 is 1.17. The Balaban J connectivity index is 1.97. The lowest BCUT2D eigenvalue weighted by Crippen LogP contribution is -2.46. The van der Waals surface area contributed by atoms with E-state index in [0.717, 1.165) is 31.7 Å². The van der Waals surface area contributed by atoms with Crippen LogP contribution >= 0.6 is 0 Å². The van der Waals surface area contributed by atoms with Gasteiger partial charge in [-0.25, -0.2) is 9.36 Å². The fourth-order valence-electron chi connectivity index (χ4n) is 2.64. The van der Waals surface area contributed by atoms with Crippen LogP contribution in [-0.4, -0.2) is 47.7 Å². The smallest absolute Gasteiger partial charge is 0.334 e. The van der Waals surface area contributed by atoms with Gasteiger partial charge in [0, 0.05) is 32.2 Å². The zero-order valence-corrected chi connectivity index (χ0v) is 12.9. The Labute approximate surface area is 128 Å². The van der Waals surface area contributed by atoms with E-state index in [9.17, 15) is 9.59 Å². The molecule has 0 unspecified atom stereocenters. The number of piperazine rings is 1. The van der Waals surface area contributed by atoms with Crippen molar-refractivity contribution in [3.05, 3.63) is 56.7 Å². The van der Waals surface area contributed by atoms with Crippen molar-refractivity contribution in [2.45, 2.75) is 6.92 Å². The SMILES string of the molecule is Cc1ccc(-n2c(=O)cc(N3CCN(C)CC3)[nH]c2=O)cc1. The summed E-state index contributed by atoms with van der Waals surface area (Å²) in [5.74, 6) is 0.603. The number of H-pyrrole nitrogens is 1. The maximum Gasteiger partial charge on any atom is 0.334 e. The zero-order chi connectivity index (χ0) is 15.7. The van der Waals surface area contributed by atoms with Crippen molar-refractivity contribution in [3.8, 4) is 5.69 Å². The van der Waals surface area contributed by atoms with Gasteiger partial charge < -0.3 is 9.80 Å². The highest BCUT2D eigenvalue weighted by atomic mass is 16.2. The number of nitrogens with one attached hydrogen (secondary N) is 1. The number of anilines is 1. The lowest BCUT2D eigenvalue weighted by molar-refractivity contribution is 0.312. The molecule has 0 saturated carbocycles. The van der Waals surface area contributed by atoms with Gasteiger partial charge in [0.15, 0.2) is 0 Å². The van der Waals surface area contributed by atoms with Crippen molar-refractivity contribution in [1.82, 2.24) is 14.5 Å². The third kappa shape index (κ3) is 2.82. The first kappa shape index (κ1) is 14.6. The minimum Gasteiger partial charge on any atom is -0.355 e. The van der Waals surface area contributed by atoms with Crippen LogP contribution in [0.1, 0.15) is 5.56 Å². The minimum atomic E-state index is -0.398. The van der Waals surface area contributed by atoms with Crippen LogP contribution in [0.15, 0.2) is 39.9 Å². The summed E-state index contributed by atoms with van der Waals surface area (Å²) in [4.78, 5) is 31.8. The highest BCUT2D eigenvalue weighted by Crippen LogP contribution is 2.10. The molecule has 3 rings (SSSR count). The highest BCUT2D eigenvalue weighted by Gasteiger charge is 2.16. The fraction of sp³-hybridized carbons (Fsp3) is 0.375. The van der Waals surface area contributed by atoms with E-state index in [2.05, 4.69) is 16.9 Å². The molecule has 1 aliphatic heterocycles. The summed E-state index contributed by atoms with van der Waals surface area (Å²) in [5, 5.41) is 0. The second-order valence-corrected chi connectivity index (χ2v) is 5.76. The molecule has 0 atom stereocenters.